The number of phenolic OH excluding ortho intramolecular Hbond substituents is 2. The molecule has 1 aromatic carbocycles. The van der Waals surface area contributed by atoms with Gasteiger partial charge in [-0.25, -0.2) is 10.4 Å². The molecule has 110 valence electrons. The molecule has 0 aliphatic heterocycles. The molecule has 0 aliphatic carbocycles. The quantitative estimate of drug-likeness (QED) is 0.510. The normalized spacial score (nSPS) is 11.0. The number of aromatic nitrogens is 2. The first kappa shape index (κ1) is 15.1. The Bertz CT molecular complexity index is 774. The Morgan fingerprint density at radius 1 is 1.33 bits per heavy atom. The second-order valence-corrected chi connectivity index (χ2v) is 4.85. The third-order valence-electron chi connectivity index (χ3n) is 2.44. The molecule has 0 aliphatic rings. The molecule has 2 rings (SSSR count). The zero-order valence-electron chi connectivity index (χ0n) is 10.7. The van der Waals surface area contributed by atoms with Gasteiger partial charge in [0.25, 0.3) is 5.56 Å². The maximum Gasteiger partial charge on any atom is 0.252 e. The number of hydrogen-bond donors (Lipinski definition) is 4. The van der Waals surface area contributed by atoms with Crippen molar-refractivity contribution in [1.29, 1.82) is 0 Å². The molecule has 21 heavy (non-hydrogen) atoms. The Morgan fingerprint density at radius 3 is 2.71 bits per heavy atom. The lowest BCUT2D eigenvalue weighted by atomic mass is 10.2. The lowest BCUT2D eigenvalue weighted by Crippen LogP contribution is -2.10. The molecule has 0 amide bonds. The predicted octanol–water partition coefficient (Wildman–Crippen LogP) is 2.24. The van der Waals surface area contributed by atoms with Gasteiger partial charge in [0.05, 0.1) is 11.2 Å². The van der Waals surface area contributed by atoms with E-state index in [1.165, 1.54) is 18.3 Å². The topological polar surface area (TPSA) is 111 Å². The van der Waals surface area contributed by atoms with Gasteiger partial charge in [-0.2, -0.15) is 5.10 Å². The van der Waals surface area contributed by atoms with Crippen LogP contribution in [0.5, 0.6) is 11.5 Å². The van der Waals surface area contributed by atoms with E-state index in [1.54, 1.807) is 6.92 Å². The highest BCUT2D eigenvalue weighted by molar-refractivity contribution is 6.38. The minimum atomic E-state index is -0.411. The van der Waals surface area contributed by atoms with E-state index in [2.05, 4.69) is 20.5 Å². The largest absolute Gasteiger partial charge is 0.506 e. The van der Waals surface area contributed by atoms with Crippen LogP contribution < -0.4 is 11.0 Å². The number of aryl methyl sites for hydroxylation is 1. The van der Waals surface area contributed by atoms with Gasteiger partial charge in [-0.1, -0.05) is 23.2 Å². The maximum atomic E-state index is 11.2. The van der Waals surface area contributed by atoms with Crippen molar-refractivity contribution in [3.8, 4) is 11.5 Å². The number of H-pyrrole nitrogens is 1. The summed E-state index contributed by atoms with van der Waals surface area (Å²) in [7, 11) is 0. The van der Waals surface area contributed by atoms with Crippen LogP contribution in [0.2, 0.25) is 10.0 Å². The summed E-state index contributed by atoms with van der Waals surface area (Å²) in [5.41, 5.74) is 2.89. The zero-order valence-corrected chi connectivity index (χ0v) is 12.2. The van der Waals surface area contributed by atoms with E-state index in [-0.39, 0.29) is 32.9 Å². The third-order valence-corrected chi connectivity index (χ3v) is 3.09. The van der Waals surface area contributed by atoms with Gasteiger partial charge in [-0.15, -0.1) is 0 Å². The molecular formula is C12H10Cl2N4O3. The SMILES string of the molecule is Cc1cc(=O)[nH]c(N/N=C\c2cc(Cl)c(O)c(Cl)c2O)n1. The fourth-order valence-electron chi connectivity index (χ4n) is 1.51. The summed E-state index contributed by atoms with van der Waals surface area (Å²) in [6.07, 6.45) is 1.22. The Labute approximate surface area is 128 Å². The molecule has 7 nitrogen and oxygen atoms in total. The first-order chi connectivity index (χ1) is 9.88. The number of aromatic amines is 1. The minimum absolute atomic E-state index is 0.0265. The lowest BCUT2D eigenvalue weighted by Gasteiger charge is -2.05. The van der Waals surface area contributed by atoms with Crippen molar-refractivity contribution in [2.24, 2.45) is 5.10 Å². The number of aromatic hydroxyl groups is 2. The molecule has 9 heteroatoms. The molecule has 0 saturated heterocycles. The molecule has 0 unspecified atom stereocenters. The van der Waals surface area contributed by atoms with Crippen LogP contribution in [0.4, 0.5) is 5.95 Å². The highest BCUT2D eigenvalue weighted by Gasteiger charge is 2.13. The summed E-state index contributed by atoms with van der Waals surface area (Å²) in [4.78, 5) is 17.7. The zero-order chi connectivity index (χ0) is 15.6. The van der Waals surface area contributed by atoms with E-state index in [1.807, 2.05) is 0 Å². The van der Waals surface area contributed by atoms with Crippen LogP contribution in [0.15, 0.2) is 22.0 Å². The molecule has 1 heterocycles. The summed E-state index contributed by atoms with van der Waals surface area (Å²) < 4.78 is 0. The fourth-order valence-corrected chi connectivity index (χ4v) is 1.98. The van der Waals surface area contributed by atoms with Crippen LogP contribution in [-0.4, -0.2) is 26.4 Å². The van der Waals surface area contributed by atoms with E-state index in [4.69, 9.17) is 23.2 Å². The molecule has 0 radical (unpaired) electrons. The number of anilines is 1. The average Bonchev–Trinajstić information content (AvgIpc) is 2.41. The van der Waals surface area contributed by atoms with Gasteiger partial charge < -0.3 is 10.2 Å². The maximum absolute atomic E-state index is 11.2. The molecule has 0 atom stereocenters. The highest BCUT2D eigenvalue weighted by atomic mass is 35.5. The standard InChI is InChI=1S/C12H10Cl2N4O3/c1-5-2-8(19)17-12(16-5)18-15-4-6-3-7(13)11(21)9(14)10(6)20/h2-4,20-21H,1H3,(H2,16,17,18,19)/b15-4-. The van der Waals surface area contributed by atoms with E-state index in [0.29, 0.717) is 5.69 Å². The summed E-state index contributed by atoms with van der Waals surface area (Å²) in [5, 5.41) is 22.7. The average molecular weight is 329 g/mol. The van der Waals surface area contributed by atoms with Crippen LogP contribution in [0.3, 0.4) is 0 Å². The van der Waals surface area contributed by atoms with Crippen LogP contribution in [-0.2, 0) is 0 Å². The van der Waals surface area contributed by atoms with E-state index in [0.717, 1.165) is 0 Å². The number of halogens is 2. The van der Waals surface area contributed by atoms with Gasteiger partial charge in [0, 0.05) is 17.3 Å². The number of phenols is 2. The highest BCUT2D eigenvalue weighted by Crippen LogP contribution is 2.40. The number of benzene rings is 1. The Hall–Kier alpha value is -2.25. The number of nitrogens with zero attached hydrogens (tertiary/aromatic N) is 2. The third kappa shape index (κ3) is 3.45. The molecule has 0 spiro atoms. The van der Waals surface area contributed by atoms with Crippen molar-refractivity contribution in [3.63, 3.8) is 0 Å². The second-order valence-electron chi connectivity index (χ2n) is 4.06. The number of nitrogens with one attached hydrogen (secondary N) is 2. The summed E-state index contributed by atoms with van der Waals surface area (Å²) >= 11 is 11.4. The van der Waals surface area contributed by atoms with Crippen molar-refractivity contribution in [1.82, 2.24) is 9.97 Å². The van der Waals surface area contributed by atoms with Crippen molar-refractivity contribution in [3.05, 3.63) is 43.8 Å². The smallest absolute Gasteiger partial charge is 0.252 e. The van der Waals surface area contributed by atoms with Crippen molar-refractivity contribution >= 4 is 35.4 Å². The summed E-state index contributed by atoms with van der Waals surface area (Å²) in [6, 6.07) is 2.62. The van der Waals surface area contributed by atoms with Crippen LogP contribution in [0, 0.1) is 6.92 Å². The van der Waals surface area contributed by atoms with Crippen molar-refractivity contribution in [2.75, 3.05) is 5.43 Å². The molecule has 4 N–H and O–H groups in total. The van der Waals surface area contributed by atoms with Crippen LogP contribution in [0.1, 0.15) is 11.3 Å². The van der Waals surface area contributed by atoms with Gasteiger partial charge >= 0.3 is 0 Å². The Kier molecular flexibility index (Phi) is 4.35. The first-order valence-electron chi connectivity index (χ1n) is 5.65. The van der Waals surface area contributed by atoms with Gasteiger partial charge in [-0.05, 0) is 13.0 Å². The minimum Gasteiger partial charge on any atom is -0.506 e. The first-order valence-corrected chi connectivity index (χ1v) is 6.41. The van der Waals surface area contributed by atoms with Crippen LogP contribution >= 0.6 is 23.2 Å². The van der Waals surface area contributed by atoms with E-state index >= 15 is 0 Å². The number of hydrogen-bond acceptors (Lipinski definition) is 6. The molecule has 0 fully saturated rings. The number of rotatable bonds is 3. The monoisotopic (exact) mass is 328 g/mol. The van der Waals surface area contributed by atoms with Crippen molar-refractivity contribution in [2.45, 2.75) is 6.92 Å². The lowest BCUT2D eigenvalue weighted by molar-refractivity contribution is 0.450. The van der Waals surface area contributed by atoms with E-state index < -0.39 is 5.75 Å². The van der Waals surface area contributed by atoms with Gasteiger partial charge in [0.1, 0.15) is 10.8 Å². The molecule has 1 aromatic heterocycles. The molecular weight excluding hydrogens is 319 g/mol. The van der Waals surface area contributed by atoms with Gasteiger partial charge in [0.15, 0.2) is 5.75 Å². The second kappa shape index (κ2) is 6.02. The van der Waals surface area contributed by atoms with Crippen LogP contribution in [0.25, 0.3) is 0 Å². The summed E-state index contributed by atoms with van der Waals surface area (Å²) in [5.74, 6) is -0.632. The number of hydrazone groups is 1. The Morgan fingerprint density at radius 2 is 2.05 bits per heavy atom. The van der Waals surface area contributed by atoms with Gasteiger partial charge in [0.2, 0.25) is 5.95 Å². The predicted molar refractivity (Wildman–Crippen MR) is 80.6 cm³/mol. The summed E-state index contributed by atoms with van der Waals surface area (Å²) in [6.45, 7) is 1.66. The van der Waals surface area contributed by atoms with Gasteiger partial charge in [-0.3, -0.25) is 9.78 Å². The molecule has 0 bridgehead atoms. The van der Waals surface area contributed by atoms with Crippen molar-refractivity contribution < 1.29 is 10.2 Å². The molecule has 2 aromatic rings. The van der Waals surface area contributed by atoms with E-state index in [9.17, 15) is 15.0 Å². The fraction of sp³-hybridized carbons (Fsp3) is 0.0833. The Balaban J connectivity index is 2.24. The molecule has 0 saturated carbocycles.